The minimum absolute atomic E-state index is 0.0416. The first kappa shape index (κ1) is 19.6. The number of methoxy groups -OCH3 is 1. The van der Waals surface area contributed by atoms with Crippen LogP contribution < -0.4 is 5.32 Å². The number of nitrogens with zero attached hydrogens (tertiary/aromatic N) is 1. The van der Waals surface area contributed by atoms with Crippen molar-refractivity contribution in [2.45, 2.75) is 24.3 Å². The summed E-state index contributed by atoms with van der Waals surface area (Å²) in [7, 11) is -2.59. The summed E-state index contributed by atoms with van der Waals surface area (Å²) in [6, 6.07) is 4.93. The van der Waals surface area contributed by atoms with E-state index in [1.165, 1.54) is 23.7 Å². The summed E-state index contributed by atoms with van der Waals surface area (Å²) >= 11 is 1.03. The Balaban J connectivity index is 1.60. The van der Waals surface area contributed by atoms with Crippen LogP contribution in [0.1, 0.15) is 28.3 Å². The Morgan fingerprint density at radius 3 is 2.70 bits per heavy atom. The molecule has 0 bridgehead atoms. The summed E-state index contributed by atoms with van der Waals surface area (Å²) in [6.07, 6.45) is 2.37. The molecule has 1 aliphatic heterocycles. The fourth-order valence-corrected chi connectivity index (χ4v) is 5.75. The number of furan rings is 1. The molecular formula is C17H20N2O6S2. The molecule has 0 aliphatic carbocycles. The number of amides is 1. The van der Waals surface area contributed by atoms with Gasteiger partial charge in [0.25, 0.3) is 0 Å². The molecule has 0 radical (unpaired) electrons. The van der Waals surface area contributed by atoms with E-state index in [1.54, 1.807) is 17.5 Å². The molecule has 8 nitrogen and oxygen atoms in total. The van der Waals surface area contributed by atoms with E-state index >= 15 is 0 Å². The number of rotatable bonds is 6. The van der Waals surface area contributed by atoms with Crippen molar-refractivity contribution in [3.05, 3.63) is 40.5 Å². The predicted octanol–water partition coefficient (Wildman–Crippen LogP) is 1.84. The van der Waals surface area contributed by atoms with Crippen molar-refractivity contribution in [1.29, 1.82) is 0 Å². The fourth-order valence-electron chi connectivity index (χ4n) is 2.97. The summed E-state index contributed by atoms with van der Waals surface area (Å²) < 4.78 is 36.9. The molecule has 0 aromatic carbocycles. The number of piperidine rings is 1. The average molecular weight is 412 g/mol. The van der Waals surface area contributed by atoms with Crippen molar-refractivity contribution in [2.24, 2.45) is 5.92 Å². The third-order valence-corrected chi connectivity index (χ3v) is 7.42. The van der Waals surface area contributed by atoms with Crippen LogP contribution in [-0.2, 0) is 26.1 Å². The van der Waals surface area contributed by atoms with Gasteiger partial charge in [0.2, 0.25) is 15.9 Å². The SMILES string of the molecule is COC(=O)c1sccc1S(=O)(=O)N1CCC(C(=O)NCc2ccco2)CC1. The van der Waals surface area contributed by atoms with Crippen LogP contribution in [0.2, 0.25) is 0 Å². The summed E-state index contributed by atoms with van der Waals surface area (Å²) in [5.74, 6) is -0.380. The van der Waals surface area contributed by atoms with Crippen LogP contribution in [0.3, 0.4) is 0 Å². The lowest BCUT2D eigenvalue weighted by atomic mass is 9.97. The first-order chi connectivity index (χ1) is 12.9. The topological polar surface area (TPSA) is 106 Å². The first-order valence-corrected chi connectivity index (χ1v) is 10.7. The summed E-state index contributed by atoms with van der Waals surface area (Å²) in [6.45, 7) is 0.747. The van der Waals surface area contributed by atoms with Gasteiger partial charge in [0.05, 0.1) is 19.9 Å². The standard InChI is InChI=1S/C17H20N2O6S2/c1-24-17(21)15-14(6-10-26-15)27(22,23)19-7-4-12(5-8-19)16(20)18-11-13-3-2-9-25-13/h2-3,6,9-10,12H,4-5,7-8,11H2,1H3,(H,18,20). The Bertz CT molecular complexity index is 896. The van der Waals surface area contributed by atoms with Crippen LogP contribution in [0.4, 0.5) is 0 Å². The van der Waals surface area contributed by atoms with Crippen molar-refractivity contribution < 1.29 is 27.2 Å². The summed E-state index contributed by atoms with van der Waals surface area (Å²) in [5.41, 5.74) is 0. The number of hydrogen-bond donors (Lipinski definition) is 1. The second-order valence-corrected chi connectivity index (χ2v) is 8.90. The average Bonchev–Trinajstić information content (AvgIpc) is 3.37. The van der Waals surface area contributed by atoms with Gasteiger partial charge in [0, 0.05) is 19.0 Å². The number of ether oxygens (including phenoxy) is 1. The van der Waals surface area contributed by atoms with E-state index in [-0.39, 0.29) is 34.7 Å². The number of thiophene rings is 1. The van der Waals surface area contributed by atoms with Gasteiger partial charge in [-0.15, -0.1) is 11.3 Å². The Morgan fingerprint density at radius 1 is 1.33 bits per heavy atom. The van der Waals surface area contributed by atoms with Crippen LogP contribution in [0.25, 0.3) is 0 Å². The number of sulfonamides is 1. The maximum absolute atomic E-state index is 12.9. The summed E-state index contributed by atoms with van der Waals surface area (Å²) in [4.78, 5) is 24.1. The molecule has 10 heteroatoms. The molecule has 3 rings (SSSR count). The van der Waals surface area contributed by atoms with Crippen molar-refractivity contribution in [2.75, 3.05) is 20.2 Å². The minimum atomic E-state index is -3.81. The smallest absolute Gasteiger partial charge is 0.349 e. The highest BCUT2D eigenvalue weighted by atomic mass is 32.2. The van der Waals surface area contributed by atoms with E-state index in [0.29, 0.717) is 25.1 Å². The van der Waals surface area contributed by atoms with Crippen molar-refractivity contribution >= 4 is 33.2 Å². The van der Waals surface area contributed by atoms with Gasteiger partial charge in [-0.25, -0.2) is 13.2 Å². The van der Waals surface area contributed by atoms with Crippen LogP contribution >= 0.6 is 11.3 Å². The van der Waals surface area contributed by atoms with Crippen molar-refractivity contribution in [3.63, 3.8) is 0 Å². The number of hydrogen-bond acceptors (Lipinski definition) is 7. The van der Waals surface area contributed by atoms with Gasteiger partial charge in [-0.1, -0.05) is 0 Å². The quantitative estimate of drug-likeness (QED) is 0.726. The molecule has 146 valence electrons. The van der Waals surface area contributed by atoms with Gasteiger partial charge < -0.3 is 14.5 Å². The molecule has 3 heterocycles. The van der Waals surface area contributed by atoms with E-state index in [4.69, 9.17) is 4.42 Å². The zero-order valence-corrected chi connectivity index (χ0v) is 16.3. The second kappa shape index (κ2) is 8.24. The van der Waals surface area contributed by atoms with E-state index in [9.17, 15) is 18.0 Å². The molecule has 1 amide bonds. The second-order valence-electron chi connectivity index (χ2n) is 6.08. The minimum Gasteiger partial charge on any atom is -0.467 e. The molecule has 1 N–H and O–H groups in total. The van der Waals surface area contributed by atoms with E-state index in [0.717, 1.165) is 11.3 Å². The van der Waals surface area contributed by atoms with Gasteiger partial charge in [-0.3, -0.25) is 4.79 Å². The highest BCUT2D eigenvalue weighted by molar-refractivity contribution is 7.89. The third-order valence-electron chi connectivity index (χ3n) is 4.46. The van der Waals surface area contributed by atoms with Gasteiger partial charge in [0.15, 0.2) is 0 Å². The normalized spacial score (nSPS) is 16.2. The third kappa shape index (κ3) is 4.23. The first-order valence-electron chi connectivity index (χ1n) is 8.39. The molecule has 2 aromatic heterocycles. The number of carbonyl (C=O) groups excluding carboxylic acids is 2. The highest BCUT2D eigenvalue weighted by Gasteiger charge is 2.35. The number of carbonyl (C=O) groups is 2. The monoisotopic (exact) mass is 412 g/mol. The molecule has 1 aliphatic rings. The molecule has 0 unspecified atom stereocenters. The molecule has 27 heavy (non-hydrogen) atoms. The molecule has 0 spiro atoms. The van der Waals surface area contributed by atoms with E-state index < -0.39 is 16.0 Å². The van der Waals surface area contributed by atoms with Gasteiger partial charge in [-0.05, 0) is 36.4 Å². The molecule has 1 saturated heterocycles. The van der Waals surface area contributed by atoms with Crippen LogP contribution in [0, 0.1) is 5.92 Å². The van der Waals surface area contributed by atoms with E-state index in [1.807, 2.05) is 0 Å². The van der Waals surface area contributed by atoms with Gasteiger partial charge >= 0.3 is 5.97 Å². The Hall–Kier alpha value is -2.17. The fraction of sp³-hybridized carbons (Fsp3) is 0.412. The Morgan fingerprint density at radius 2 is 2.07 bits per heavy atom. The van der Waals surface area contributed by atoms with Crippen molar-refractivity contribution in [1.82, 2.24) is 9.62 Å². The van der Waals surface area contributed by atoms with Crippen LogP contribution in [0.5, 0.6) is 0 Å². The lowest BCUT2D eigenvalue weighted by Crippen LogP contribution is -2.43. The largest absolute Gasteiger partial charge is 0.467 e. The maximum atomic E-state index is 12.9. The number of esters is 1. The Kier molecular flexibility index (Phi) is 5.98. The molecule has 1 fully saturated rings. The Labute approximate surface area is 161 Å². The van der Waals surface area contributed by atoms with Crippen molar-refractivity contribution in [3.8, 4) is 0 Å². The van der Waals surface area contributed by atoms with Gasteiger partial charge in [-0.2, -0.15) is 4.31 Å². The molecule has 0 saturated carbocycles. The molecule has 2 aromatic rings. The maximum Gasteiger partial charge on any atom is 0.349 e. The summed E-state index contributed by atoms with van der Waals surface area (Å²) in [5, 5.41) is 4.36. The predicted molar refractivity (Wildman–Crippen MR) is 97.7 cm³/mol. The zero-order chi connectivity index (χ0) is 19.4. The molecular weight excluding hydrogens is 392 g/mol. The van der Waals surface area contributed by atoms with Crippen LogP contribution in [0.15, 0.2) is 39.2 Å². The van der Waals surface area contributed by atoms with E-state index in [2.05, 4.69) is 10.1 Å². The lowest BCUT2D eigenvalue weighted by Gasteiger charge is -2.30. The lowest BCUT2D eigenvalue weighted by molar-refractivity contribution is -0.126. The van der Waals surface area contributed by atoms with Gasteiger partial charge in [0.1, 0.15) is 15.5 Å². The molecule has 0 atom stereocenters. The highest BCUT2D eigenvalue weighted by Crippen LogP contribution is 2.29. The zero-order valence-electron chi connectivity index (χ0n) is 14.7. The number of nitrogens with one attached hydrogen (secondary N) is 1. The van der Waals surface area contributed by atoms with Crippen LogP contribution in [-0.4, -0.2) is 44.8 Å².